The molecule has 170 valence electrons. The van der Waals surface area contributed by atoms with Crippen LogP contribution in [-0.2, 0) is 9.59 Å². The molecular weight excluding hydrogens is 481 g/mol. The molecule has 1 saturated heterocycles. The molecule has 0 atom stereocenters. The van der Waals surface area contributed by atoms with Crippen LogP contribution in [0.25, 0.3) is 0 Å². The van der Waals surface area contributed by atoms with Gasteiger partial charge in [0.25, 0.3) is 0 Å². The zero-order valence-corrected chi connectivity index (χ0v) is 21.1. The average molecular weight is 524 g/mol. The third-order valence-electron chi connectivity index (χ3n) is 4.93. The monoisotopic (exact) mass is 523 g/mol. The second kappa shape index (κ2) is 15.7. The molecule has 0 aromatic rings. The zero-order valence-electron chi connectivity index (χ0n) is 18.8. The molecule has 1 aliphatic rings. The lowest BCUT2D eigenvalue weighted by atomic mass is 10.1. The van der Waals surface area contributed by atoms with Crippen LogP contribution < -0.4 is 11.1 Å². The molecule has 0 radical (unpaired) electrons. The summed E-state index contributed by atoms with van der Waals surface area (Å²) < 4.78 is 0. The van der Waals surface area contributed by atoms with Crippen LogP contribution in [0.15, 0.2) is 4.99 Å². The molecule has 1 fully saturated rings. The Labute approximate surface area is 194 Å². The number of carbonyl (C=O) groups excluding carboxylic acids is 2. The van der Waals surface area contributed by atoms with Gasteiger partial charge in [0, 0.05) is 52.1 Å². The standard InChI is InChI=1S/C21H41N5O2.HI/c1-17(2)9-11-24-21(22)23-10-7-5-6-8-19(27)25-12-14-26(15-13-25)20(28)16-18(3)4;/h17-18H,5-16H2,1-4H3,(H3,22,23,24);1H. The SMILES string of the molecule is CC(C)CCNC(N)=NCCCCCC(=O)N1CCN(C(=O)CC(C)C)CC1.I. The van der Waals surface area contributed by atoms with E-state index in [9.17, 15) is 9.59 Å². The zero-order chi connectivity index (χ0) is 20.9. The molecular formula is C21H42IN5O2. The molecule has 1 heterocycles. The Morgan fingerprint density at radius 2 is 1.52 bits per heavy atom. The molecule has 2 amide bonds. The molecule has 29 heavy (non-hydrogen) atoms. The molecule has 0 saturated carbocycles. The Hall–Kier alpha value is -1.06. The number of piperazine rings is 1. The van der Waals surface area contributed by atoms with Gasteiger partial charge in [-0.3, -0.25) is 14.6 Å². The maximum atomic E-state index is 12.3. The summed E-state index contributed by atoms with van der Waals surface area (Å²) in [5, 5.41) is 3.13. The normalized spacial score (nSPS) is 14.9. The van der Waals surface area contributed by atoms with Crippen molar-refractivity contribution in [2.24, 2.45) is 22.6 Å². The number of amides is 2. The first kappa shape index (κ1) is 27.9. The van der Waals surface area contributed by atoms with Gasteiger partial charge in [0.2, 0.25) is 11.8 Å². The quantitative estimate of drug-likeness (QED) is 0.189. The molecule has 3 N–H and O–H groups in total. The van der Waals surface area contributed by atoms with E-state index < -0.39 is 0 Å². The number of hydrogen-bond acceptors (Lipinski definition) is 3. The minimum Gasteiger partial charge on any atom is -0.370 e. The fourth-order valence-corrected chi connectivity index (χ4v) is 3.15. The first-order chi connectivity index (χ1) is 13.3. The third kappa shape index (κ3) is 13.0. The summed E-state index contributed by atoms with van der Waals surface area (Å²) in [4.78, 5) is 32.5. The number of carbonyl (C=O) groups is 2. The van der Waals surface area contributed by atoms with Crippen LogP contribution in [0.2, 0.25) is 0 Å². The highest BCUT2D eigenvalue weighted by Crippen LogP contribution is 2.10. The topological polar surface area (TPSA) is 91.0 Å². The number of halogens is 1. The molecule has 0 unspecified atom stereocenters. The minimum atomic E-state index is 0. The highest BCUT2D eigenvalue weighted by Gasteiger charge is 2.23. The van der Waals surface area contributed by atoms with Crippen molar-refractivity contribution in [2.45, 2.75) is 66.2 Å². The summed E-state index contributed by atoms with van der Waals surface area (Å²) in [6.07, 6.45) is 5.04. The molecule has 1 aliphatic heterocycles. The Bertz CT molecular complexity index is 503. The lowest BCUT2D eigenvalue weighted by Gasteiger charge is -2.35. The van der Waals surface area contributed by atoms with Crippen molar-refractivity contribution in [3.05, 3.63) is 0 Å². The fourth-order valence-electron chi connectivity index (χ4n) is 3.15. The summed E-state index contributed by atoms with van der Waals surface area (Å²) in [5.41, 5.74) is 5.83. The lowest BCUT2D eigenvalue weighted by Crippen LogP contribution is -2.50. The fraction of sp³-hybridized carbons (Fsp3) is 0.857. The van der Waals surface area contributed by atoms with Crippen LogP contribution in [0.3, 0.4) is 0 Å². The summed E-state index contributed by atoms with van der Waals surface area (Å²) >= 11 is 0. The van der Waals surface area contributed by atoms with Crippen molar-refractivity contribution in [1.29, 1.82) is 0 Å². The van der Waals surface area contributed by atoms with Crippen LogP contribution in [0.1, 0.15) is 66.2 Å². The molecule has 0 aromatic carbocycles. The van der Waals surface area contributed by atoms with E-state index in [0.29, 0.717) is 63.4 Å². The van der Waals surface area contributed by atoms with Crippen molar-refractivity contribution in [2.75, 3.05) is 39.3 Å². The van der Waals surface area contributed by atoms with Gasteiger partial charge in [0.15, 0.2) is 5.96 Å². The molecule has 7 nitrogen and oxygen atoms in total. The maximum absolute atomic E-state index is 12.3. The van der Waals surface area contributed by atoms with E-state index in [1.165, 1.54) is 0 Å². The molecule has 0 spiro atoms. The second-order valence-electron chi connectivity index (χ2n) is 8.55. The van der Waals surface area contributed by atoms with Gasteiger partial charge in [0.1, 0.15) is 0 Å². The van der Waals surface area contributed by atoms with Gasteiger partial charge in [0.05, 0.1) is 0 Å². The summed E-state index contributed by atoms with van der Waals surface area (Å²) in [5.74, 6) is 1.96. The Balaban J connectivity index is 0.00000784. The van der Waals surface area contributed by atoms with Crippen molar-refractivity contribution >= 4 is 41.8 Å². The predicted molar refractivity (Wildman–Crippen MR) is 130 cm³/mol. The van der Waals surface area contributed by atoms with Crippen molar-refractivity contribution in [3.8, 4) is 0 Å². The van der Waals surface area contributed by atoms with E-state index in [1.807, 2.05) is 9.80 Å². The number of hydrogen-bond donors (Lipinski definition) is 2. The summed E-state index contributed by atoms with van der Waals surface area (Å²) in [6, 6.07) is 0. The Kier molecular flexibility index (Phi) is 15.2. The van der Waals surface area contributed by atoms with E-state index in [2.05, 4.69) is 38.0 Å². The van der Waals surface area contributed by atoms with E-state index in [1.54, 1.807) is 0 Å². The average Bonchev–Trinajstić information content (AvgIpc) is 2.63. The smallest absolute Gasteiger partial charge is 0.222 e. The molecule has 1 rings (SSSR count). The van der Waals surface area contributed by atoms with Crippen LogP contribution >= 0.6 is 24.0 Å². The van der Waals surface area contributed by atoms with Gasteiger partial charge in [-0.2, -0.15) is 0 Å². The Morgan fingerprint density at radius 1 is 0.931 bits per heavy atom. The minimum absolute atomic E-state index is 0. The van der Waals surface area contributed by atoms with Crippen molar-refractivity contribution < 1.29 is 9.59 Å². The van der Waals surface area contributed by atoms with Crippen molar-refractivity contribution in [3.63, 3.8) is 0 Å². The maximum Gasteiger partial charge on any atom is 0.222 e. The van der Waals surface area contributed by atoms with Gasteiger partial charge in [-0.15, -0.1) is 24.0 Å². The second-order valence-corrected chi connectivity index (χ2v) is 8.55. The molecule has 0 bridgehead atoms. The number of unbranched alkanes of at least 4 members (excludes halogenated alkanes) is 2. The molecule has 0 aliphatic carbocycles. The molecule has 0 aromatic heterocycles. The molecule has 8 heteroatoms. The number of guanidine groups is 1. The first-order valence-electron chi connectivity index (χ1n) is 10.9. The van der Waals surface area contributed by atoms with E-state index in [-0.39, 0.29) is 35.8 Å². The third-order valence-corrected chi connectivity index (χ3v) is 4.93. The van der Waals surface area contributed by atoms with Crippen LogP contribution in [0, 0.1) is 11.8 Å². The van der Waals surface area contributed by atoms with Gasteiger partial charge in [-0.1, -0.05) is 34.1 Å². The number of nitrogens with one attached hydrogen (secondary N) is 1. The van der Waals surface area contributed by atoms with Gasteiger partial charge < -0.3 is 20.9 Å². The van der Waals surface area contributed by atoms with E-state index in [4.69, 9.17) is 5.73 Å². The van der Waals surface area contributed by atoms with E-state index in [0.717, 1.165) is 32.2 Å². The van der Waals surface area contributed by atoms with Crippen LogP contribution in [0.5, 0.6) is 0 Å². The predicted octanol–water partition coefficient (Wildman–Crippen LogP) is 2.83. The lowest BCUT2D eigenvalue weighted by molar-refractivity contribution is -0.140. The number of aliphatic imine (C=N–C) groups is 1. The van der Waals surface area contributed by atoms with Crippen LogP contribution in [-0.4, -0.2) is 66.8 Å². The number of nitrogens with zero attached hydrogens (tertiary/aromatic N) is 3. The van der Waals surface area contributed by atoms with Crippen molar-refractivity contribution in [1.82, 2.24) is 15.1 Å². The van der Waals surface area contributed by atoms with Gasteiger partial charge >= 0.3 is 0 Å². The van der Waals surface area contributed by atoms with E-state index >= 15 is 0 Å². The highest BCUT2D eigenvalue weighted by molar-refractivity contribution is 14.0. The van der Waals surface area contributed by atoms with Crippen LogP contribution in [0.4, 0.5) is 0 Å². The van der Waals surface area contributed by atoms with Gasteiger partial charge in [-0.25, -0.2) is 0 Å². The number of nitrogens with two attached hydrogens (primary N) is 1. The summed E-state index contributed by atoms with van der Waals surface area (Å²) in [6.45, 7) is 12.7. The number of rotatable bonds is 11. The highest BCUT2D eigenvalue weighted by atomic mass is 127. The summed E-state index contributed by atoms with van der Waals surface area (Å²) in [7, 11) is 0. The Morgan fingerprint density at radius 3 is 2.07 bits per heavy atom. The van der Waals surface area contributed by atoms with Gasteiger partial charge in [-0.05, 0) is 31.1 Å². The largest absolute Gasteiger partial charge is 0.370 e. The first-order valence-corrected chi connectivity index (χ1v) is 10.9.